The number of benzene rings is 2. The summed E-state index contributed by atoms with van der Waals surface area (Å²) in [5.74, 6) is -0.339. The van der Waals surface area contributed by atoms with Gasteiger partial charge in [-0.15, -0.1) is 0 Å². The monoisotopic (exact) mass is 281 g/mol. The molecular weight excluding hydrogens is 262 g/mol. The maximum Gasteiger partial charge on any atom is 0.327 e. The van der Waals surface area contributed by atoms with Gasteiger partial charge in [-0.1, -0.05) is 48.0 Å². The first-order valence-corrected chi connectivity index (χ1v) is 6.86. The predicted molar refractivity (Wildman–Crippen MR) is 84.9 cm³/mol. The van der Waals surface area contributed by atoms with E-state index in [1.165, 1.54) is 7.11 Å². The van der Waals surface area contributed by atoms with Crippen LogP contribution in [0.4, 0.5) is 0 Å². The standard InChI is InChI=1S/C18H19NO2/c1-13-7-6-9-15(11-13)18(19-12-17(20)21-3)16-10-5-4-8-14(16)2/h4-11H,12H2,1-3H3. The molecule has 0 heterocycles. The van der Waals surface area contributed by atoms with Crippen LogP contribution in [-0.2, 0) is 9.53 Å². The molecule has 0 unspecified atom stereocenters. The first kappa shape index (κ1) is 15.0. The van der Waals surface area contributed by atoms with E-state index in [-0.39, 0.29) is 12.5 Å². The van der Waals surface area contributed by atoms with Crippen molar-refractivity contribution in [1.82, 2.24) is 0 Å². The predicted octanol–water partition coefficient (Wildman–Crippen LogP) is 3.31. The number of methoxy groups -OCH3 is 1. The van der Waals surface area contributed by atoms with Gasteiger partial charge in [0.1, 0.15) is 6.54 Å². The molecule has 2 rings (SSSR count). The van der Waals surface area contributed by atoms with E-state index in [1.54, 1.807) is 0 Å². The minimum Gasteiger partial charge on any atom is -0.468 e. The van der Waals surface area contributed by atoms with Crippen molar-refractivity contribution in [1.29, 1.82) is 0 Å². The Morgan fingerprint density at radius 3 is 2.52 bits per heavy atom. The van der Waals surface area contributed by atoms with Crippen LogP contribution in [0.1, 0.15) is 22.3 Å². The van der Waals surface area contributed by atoms with Crippen molar-refractivity contribution >= 4 is 11.7 Å². The molecule has 0 fully saturated rings. The van der Waals surface area contributed by atoms with E-state index in [9.17, 15) is 4.79 Å². The highest BCUT2D eigenvalue weighted by Gasteiger charge is 2.10. The van der Waals surface area contributed by atoms with E-state index in [0.717, 1.165) is 28.0 Å². The summed E-state index contributed by atoms with van der Waals surface area (Å²) in [4.78, 5) is 15.9. The zero-order chi connectivity index (χ0) is 15.2. The number of rotatable bonds is 4. The van der Waals surface area contributed by atoms with Gasteiger partial charge in [0.25, 0.3) is 0 Å². The lowest BCUT2D eigenvalue weighted by Gasteiger charge is -2.11. The average molecular weight is 281 g/mol. The summed E-state index contributed by atoms with van der Waals surface area (Å²) in [6.07, 6.45) is 0. The number of carbonyl (C=O) groups excluding carboxylic acids is 1. The van der Waals surface area contributed by atoms with Crippen LogP contribution in [0, 0.1) is 13.8 Å². The van der Waals surface area contributed by atoms with Gasteiger partial charge < -0.3 is 4.74 Å². The Labute approximate surface area is 125 Å². The Kier molecular flexibility index (Phi) is 4.88. The molecule has 21 heavy (non-hydrogen) atoms. The lowest BCUT2D eigenvalue weighted by molar-refractivity contribution is -0.138. The second-order valence-corrected chi connectivity index (χ2v) is 4.93. The number of hydrogen-bond donors (Lipinski definition) is 0. The van der Waals surface area contributed by atoms with Crippen molar-refractivity contribution in [3.05, 3.63) is 70.8 Å². The van der Waals surface area contributed by atoms with Crippen molar-refractivity contribution in [2.45, 2.75) is 13.8 Å². The average Bonchev–Trinajstić information content (AvgIpc) is 2.49. The fourth-order valence-corrected chi connectivity index (χ4v) is 2.17. The van der Waals surface area contributed by atoms with Gasteiger partial charge in [0.15, 0.2) is 0 Å². The van der Waals surface area contributed by atoms with Crippen LogP contribution in [0.2, 0.25) is 0 Å². The van der Waals surface area contributed by atoms with Crippen molar-refractivity contribution in [2.75, 3.05) is 13.7 Å². The highest BCUT2D eigenvalue weighted by atomic mass is 16.5. The van der Waals surface area contributed by atoms with Gasteiger partial charge in [0.05, 0.1) is 12.8 Å². The third-order valence-corrected chi connectivity index (χ3v) is 3.29. The summed E-state index contributed by atoms with van der Waals surface area (Å²) < 4.78 is 4.68. The number of aliphatic imine (C=N–C) groups is 1. The molecule has 0 atom stereocenters. The van der Waals surface area contributed by atoms with Crippen LogP contribution in [0.5, 0.6) is 0 Å². The molecule has 0 aromatic heterocycles. The highest BCUT2D eigenvalue weighted by Crippen LogP contribution is 2.16. The molecule has 3 heteroatoms. The summed E-state index contributed by atoms with van der Waals surface area (Å²) in [7, 11) is 1.37. The molecule has 2 aromatic rings. The first-order chi connectivity index (χ1) is 10.1. The summed E-state index contributed by atoms with van der Waals surface area (Å²) in [5, 5.41) is 0. The molecule has 0 N–H and O–H groups in total. The summed E-state index contributed by atoms with van der Waals surface area (Å²) in [6, 6.07) is 16.2. The molecule has 0 amide bonds. The van der Waals surface area contributed by atoms with Gasteiger partial charge in [0, 0.05) is 11.1 Å². The van der Waals surface area contributed by atoms with E-state index in [4.69, 9.17) is 0 Å². The second kappa shape index (κ2) is 6.84. The van der Waals surface area contributed by atoms with Crippen molar-refractivity contribution < 1.29 is 9.53 Å². The van der Waals surface area contributed by atoms with Gasteiger partial charge in [-0.25, -0.2) is 0 Å². The Hall–Kier alpha value is -2.42. The summed E-state index contributed by atoms with van der Waals surface area (Å²) >= 11 is 0. The Morgan fingerprint density at radius 2 is 1.86 bits per heavy atom. The highest BCUT2D eigenvalue weighted by molar-refractivity contribution is 6.14. The lowest BCUT2D eigenvalue weighted by atomic mass is 9.97. The lowest BCUT2D eigenvalue weighted by Crippen LogP contribution is -2.11. The second-order valence-electron chi connectivity index (χ2n) is 4.93. The first-order valence-electron chi connectivity index (χ1n) is 6.86. The zero-order valence-electron chi connectivity index (χ0n) is 12.6. The maximum atomic E-state index is 11.4. The van der Waals surface area contributed by atoms with E-state index >= 15 is 0 Å². The number of nitrogens with zero attached hydrogens (tertiary/aromatic N) is 1. The van der Waals surface area contributed by atoms with Gasteiger partial charge in [-0.05, 0) is 25.5 Å². The van der Waals surface area contributed by atoms with Crippen molar-refractivity contribution in [3.63, 3.8) is 0 Å². The third-order valence-electron chi connectivity index (χ3n) is 3.29. The van der Waals surface area contributed by atoms with Gasteiger partial charge >= 0.3 is 5.97 Å². The van der Waals surface area contributed by atoms with Crippen molar-refractivity contribution in [3.8, 4) is 0 Å². The minimum absolute atomic E-state index is 0.0219. The number of ether oxygens (including phenoxy) is 1. The van der Waals surface area contributed by atoms with Crippen LogP contribution in [0.15, 0.2) is 53.5 Å². The molecule has 3 nitrogen and oxygen atoms in total. The molecule has 0 bridgehead atoms. The number of aryl methyl sites for hydroxylation is 2. The molecule has 0 saturated heterocycles. The molecule has 2 aromatic carbocycles. The smallest absolute Gasteiger partial charge is 0.327 e. The van der Waals surface area contributed by atoms with E-state index < -0.39 is 0 Å². The van der Waals surface area contributed by atoms with E-state index in [0.29, 0.717) is 0 Å². The van der Waals surface area contributed by atoms with Crippen LogP contribution >= 0.6 is 0 Å². The van der Waals surface area contributed by atoms with Crippen LogP contribution in [-0.4, -0.2) is 25.3 Å². The van der Waals surface area contributed by atoms with E-state index in [1.807, 2.05) is 56.3 Å². The molecule has 0 saturated carbocycles. The van der Waals surface area contributed by atoms with E-state index in [2.05, 4.69) is 15.8 Å². The molecule has 0 aliphatic rings. The fraction of sp³-hybridized carbons (Fsp3) is 0.222. The Bertz CT molecular complexity index is 674. The topological polar surface area (TPSA) is 38.7 Å². The zero-order valence-corrected chi connectivity index (χ0v) is 12.6. The molecule has 108 valence electrons. The molecule has 0 aliphatic heterocycles. The summed E-state index contributed by atoms with van der Waals surface area (Å²) in [6.45, 7) is 4.10. The third kappa shape index (κ3) is 3.78. The SMILES string of the molecule is COC(=O)CN=C(c1cccc(C)c1)c1ccccc1C. The molecule has 0 aliphatic carbocycles. The normalized spacial score (nSPS) is 11.3. The van der Waals surface area contributed by atoms with Crippen LogP contribution in [0.25, 0.3) is 0 Å². The minimum atomic E-state index is -0.339. The van der Waals surface area contributed by atoms with Crippen LogP contribution < -0.4 is 0 Å². The van der Waals surface area contributed by atoms with Gasteiger partial charge in [-0.2, -0.15) is 0 Å². The number of carbonyl (C=O) groups is 1. The number of esters is 1. The van der Waals surface area contributed by atoms with Gasteiger partial charge in [-0.3, -0.25) is 9.79 Å². The Morgan fingerprint density at radius 1 is 1.10 bits per heavy atom. The number of hydrogen-bond acceptors (Lipinski definition) is 3. The Balaban J connectivity index is 2.49. The quantitative estimate of drug-likeness (QED) is 0.637. The fourth-order valence-electron chi connectivity index (χ4n) is 2.17. The maximum absolute atomic E-state index is 11.4. The molecular formula is C18H19NO2. The van der Waals surface area contributed by atoms with Crippen molar-refractivity contribution in [2.24, 2.45) is 4.99 Å². The van der Waals surface area contributed by atoms with Crippen LogP contribution in [0.3, 0.4) is 0 Å². The summed E-state index contributed by atoms with van der Waals surface area (Å²) in [5.41, 5.74) is 5.15. The van der Waals surface area contributed by atoms with Gasteiger partial charge in [0.2, 0.25) is 0 Å². The molecule has 0 radical (unpaired) electrons. The largest absolute Gasteiger partial charge is 0.468 e. The molecule has 0 spiro atoms.